The predicted octanol–water partition coefficient (Wildman–Crippen LogP) is -0.0996. The third kappa shape index (κ3) is 2.89. The average molecular weight is 194 g/mol. The summed E-state index contributed by atoms with van der Waals surface area (Å²) < 4.78 is 1.84. The molecule has 0 spiro atoms. The number of guanidine groups is 1. The van der Waals surface area contributed by atoms with Crippen molar-refractivity contribution < 1.29 is 0 Å². The molecule has 1 aromatic rings. The molecule has 0 radical (unpaired) electrons. The second kappa shape index (κ2) is 5.00. The molecule has 0 amide bonds. The smallest absolute Gasteiger partial charge is 0.211 e. The van der Waals surface area contributed by atoms with Gasteiger partial charge in [-0.3, -0.25) is 4.68 Å². The van der Waals surface area contributed by atoms with Crippen LogP contribution in [0.25, 0.3) is 0 Å². The van der Waals surface area contributed by atoms with E-state index in [1.165, 1.54) is 0 Å². The average Bonchev–Trinajstić information content (AvgIpc) is 2.53. The quantitative estimate of drug-likeness (QED) is 0.398. The Balaban J connectivity index is 2.70. The van der Waals surface area contributed by atoms with Crippen LogP contribution < -0.4 is 11.5 Å². The van der Waals surface area contributed by atoms with Crippen LogP contribution in [0.4, 0.5) is 0 Å². The molecule has 1 heterocycles. The van der Waals surface area contributed by atoms with Crippen LogP contribution in [0.15, 0.2) is 22.5 Å². The number of nitrogens with two attached hydrogens (primary N) is 2. The molecule has 0 aliphatic heterocycles. The van der Waals surface area contributed by atoms with Crippen molar-refractivity contribution in [3.05, 3.63) is 18.0 Å². The third-order valence-electron chi connectivity index (χ3n) is 1.55. The lowest BCUT2D eigenvalue weighted by Gasteiger charge is -1.99. The maximum atomic E-state index is 5.12. The van der Waals surface area contributed by atoms with E-state index >= 15 is 0 Å². The molecule has 0 bridgehead atoms. The van der Waals surface area contributed by atoms with Crippen LogP contribution in [0, 0.1) is 0 Å². The summed E-state index contributed by atoms with van der Waals surface area (Å²) in [6, 6.07) is 1.85. The largest absolute Gasteiger partial charge is 0.369 e. The minimum absolute atomic E-state index is 0.0530. The van der Waals surface area contributed by atoms with Crippen molar-refractivity contribution in [2.24, 2.45) is 21.7 Å². The number of nitrogens with zero attached hydrogens (tertiary/aromatic N) is 4. The molecule has 0 saturated carbocycles. The van der Waals surface area contributed by atoms with Gasteiger partial charge in [0.15, 0.2) is 0 Å². The summed E-state index contributed by atoms with van der Waals surface area (Å²) in [6.07, 6.45) is 4.31. The van der Waals surface area contributed by atoms with Gasteiger partial charge in [0.25, 0.3) is 0 Å². The van der Waals surface area contributed by atoms with Crippen LogP contribution in [0.3, 0.4) is 0 Å². The van der Waals surface area contributed by atoms with Gasteiger partial charge in [0.05, 0.1) is 11.9 Å². The molecule has 0 atom stereocenters. The topological polar surface area (TPSA) is 94.6 Å². The number of hydrogen-bond donors (Lipinski definition) is 2. The summed E-state index contributed by atoms with van der Waals surface area (Å²) in [4.78, 5) is 0. The Morgan fingerprint density at radius 1 is 1.64 bits per heavy atom. The first-order valence-electron chi connectivity index (χ1n) is 4.37. The Labute approximate surface area is 82.3 Å². The van der Waals surface area contributed by atoms with Gasteiger partial charge in [0, 0.05) is 12.7 Å². The van der Waals surface area contributed by atoms with Crippen molar-refractivity contribution in [2.75, 3.05) is 0 Å². The summed E-state index contributed by atoms with van der Waals surface area (Å²) >= 11 is 0. The molecule has 0 unspecified atom stereocenters. The van der Waals surface area contributed by atoms with E-state index < -0.39 is 0 Å². The standard InChI is InChI=1S/C8H14N6/c1-2-5-14-7(3-4-12-14)6-11-13-8(9)10/h3-4,6H,2,5H2,1H3,(H4,9,10,13)/b11-6+. The zero-order valence-corrected chi connectivity index (χ0v) is 8.09. The maximum Gasteiger partial charge on any atom is 0.211 e. The first-order chi connectivity index (χ1) is 6.74. The van der Waals surface area contributed by atoms with Crippen molar-refractivity contribution >= 4 is 12.2 Å². The van der Waals surface area contributed by atoms with Gasteiger partial charge in [-0.25, -0.2) is 0 Å². The fourth-order valence-electron chi connectivity index (χ4n) is 1.01. The van der Waals surface area contributed by atoms with Gasteiger partial charge in [-0.15, -0.1) is 5.10 Å². The van der Waals surface area contributed by atoms with Crippen molar-refractivity contribution in [2.45, 2.75) is 19.9 Å². The first-order valence-corrected chi connectivity index (χ1v) is 4.37. The van der Waals surface area contributed by atoms with E-state index in [9.17, 15) is 0 Å². The van der Waals surface area contributed by atoms with Gasteiger partial charge < -0.3 is 11.5 Å². The van der Waals surface area contributed by atoms with E-state index in [0.29, 0.717) is 0 Å². The van der Waals surface area contributed by atoms with Crippen molar-refractivity contribution in [3.63, 3.8) is 0 Å². The minimum Gasteiger partial charge on any atom is -0.369 e. The molecule has 0 saturated heterocycles. The van der Waals surface area contributed by atoms with E-state index in [1.807, 2.05) is 10.7 Å². The Hall–Kier alpha value is -1.85. The second-order valence-electron chi connectivity index (χ2n) is 2.75. The summed E-state index contributed by atoms with van der Waals surface area (Å²) in [5.41, 5.74) is 11.1. The van der Waals surface area contributed by atoms with Crippen molar-refractivity contribution in [3.8, 4) is 0 Å². The Kier molecular flexibility index (Phi) is 3.66. The monoisotopic (exact) mass is 194 g/mol. The normalized spacial score (nSPS) is 10.6. The molecule has 0 aliphatic carbocycles. The van der Waals surface area contributed by atoms with E-state index in [1.54, 1.807) is 12.4 Å². The highest BCUT2D eigenvalue weighted by atomic mass is 15.3. The summed E-state index contributed by atoms with van der Waals surface area (Å²) in [6.45, 7) is 2.94. The Morgan fingerprint density at radius 3 is 3.07 bits per heavy atom. The van der Waals surface area contributed by atoms with Crippen LogP contribution in [0.5, 0.6) is 0 Å². The fraction of sp³-hybridized carbons (Fsp3) is 0.375. The van der Waals surface area contributed by atoms with Gasteiger partial charge >= 0.3 is 0 Å². The van der Waals surface area contributed by atoms with E-state index in [2.05, 4.69) is 22.2 Å². The van der Waals surface area contributed by atoms with Gasteiger partial charge in [0.2, 0.25) is 5.96 Å². The van der Waals surface area contributed by atoms with Gasteiger partial charge in [0.1, 0.15) is 0 Å². The van der Waals surface area contributed by atoms with E-state index in [0.717, 1.165) is 18.7 Å². The molecule has 0 aromatic carbocycles. The predicted molar refractivity (Wildman–Crippen MR) is 55.9 cm³/mol. The zero-order valence-electron chi connectivity index (χ0n) is 8.09. The van der Waals surface area contributed by atoms with E-state index in [-0.39, 0.29) is 5.96 Å². The lowest BCUT2D eigenvalue weighted by atomic mass is 10.4. The molecule has 6 nitrogen and oxygen atoms in total. The second-order valence-corrected chi connectivity index (χ2v) is 2.75. The van der Waals surface area contributed by atoms with Crippen LogP contribution in [0.2, 0.25) is 0 Å². The molecule has 0 aliphatic rings. The highest BCUT2D eigenvalue weighted by molar-refractivity contribution is 5.79. The highest BCUT2D eigenvalue weighted by Crippen LogP contribution is 1.96. The summed E-state index contributed by atoms with van der Waals surface area (Å²) in [5.74, 6) is -0.0530. The molecule has 0 fully saturated rings. The molecule has 1 aromatic heterocycles. The SMILES string of the molecule is CCCn1nccc1/C=N/N=C(N)N. The maximum absolute atomic E-state index is 5.12. The lowest BCUT2D eigenvalue weighted by Crippen LogP contribution is -2.21. The summed E-state index contributed by atoms with van der Waals surface area (Å²) in [7, 11) is 0. The van der Waals surface area contributed by atoms with Crippen LogP contribution in [-0.4, -0.2) is 22.0 Å². The number of hydrogen-bond acceptors (Lipinski definition) is 3. The summed E-state index contributed by atoms with van der Waals surface area (Å²) in [5, 5.41) is 11.3. The van der Waals surface area contributed by atoms with Crippen LogP contribution >= 0.6 is 0 Å². The highest BCUT2D eigenvalue weighted by Gasteiger charge is 1.96. The Bertz CT molecular complexity index is 333. The first kappa shape index (κ1) is 10.2. The van der Waals surface area contributed by atoms with Gasteiger partial charge in [-0.05, 0) is 12.5 Å². The minimum atomic E-state index is -0.0530. The fourth-order valence-corrected chi connectivity index (χ4v) is 1.01. The van der Waals surface area contributed by atoms with Crippen molar-refractivity contribution in [1.29, 1.82) is 0 Å². The lowest BCUT2D eigenvalue weighted by molar-refractivity contribution is 0.599. The van der Waals surface area contributed by atoms with Gasteiger partial charge in [-0.1, -0.05) is 6.92 Å². The van der Waals surface area contributed by atoms with Crippen LogP contribution in [-0.2, 0) is 6.54 Å². The Morgan fingerprint density at radius 2 is 2.43 bits per heavy atom. The van der Waals surface area contributed by atoms with Crippen LogP contribution in [0.1, 0.15) is 19.0 Å². The molecule has 6 heteroatoms. The van der Waals surface area contributed by atoms with E-state index in [4.69, 9.17) is 11.5 Å². The van der Waals surface area contributed by atoms with Crippen molar-refractivity contribution in [1.82, 2.24) is 9.78 Å². The molecular formula is C8H14N6. The molecule has 76 valence electrons. The zero-order chi connectivity index (χ0) is 10.4. The third-order valence-corrected chi connectivity index (χ3v) is 1.55. The molecule has 4 N–H and O–H groups in total. The molecule has 1 rings (SSSR count). The number of rotatable bonds is 4. The number of aromatic nitrogens is 2. The van der Waals surface area contributed by atoms with Gasteiger partial charge in [-0.2, -0.15) is 10.2 Å². The number of aryl methyl sites for hydroxylation is 1. The molecular weight excluding hydrogens is 180 g/mol. The molecule has 14 heavy (non-hydrogen) atoms.